The zero-order valence-electron chi connectivity index (χ0n) is 14.3. The highest BCUT2D eigenvalue weighted by atomic mass is 16.2. The van der Waals surface area contributed by atoms with E-state index in [4.69, 9.17) is 0 Å². The van der Waals surface area contributed by atoms with Crippen LogP contribution in [0.15, 0.2) is 29.1 Å². The number of aromatic amines is 1. The van der Waals surface area contributed by atoms with E-state index in [1.54, 1.807) is 31.2 Å². The molecule has 2 rings (SSSR count). The number of benzene rings is 1. The first-order chi connectivity index (χ1) is 11.2. The van der Waals surface area contributed by atoms with E-state index < -0.39 is 5.92 Å². The van der Waals surface area contributed by atoms with Crippen molar-refractivity contribution in [3.05, 3.63) is 40.3 Å². The number of nitrogens with one attached hydrogen (secondary N) is 3. The molecule has 3 N–H and O–H groups in total. The van der Waals surface area contributed by atoms with Crippen molar-refractivity contribution in [1.82, 2.24) is 20.8 Å². The van der Waals surface area contributed by atoms with Crippen molar-refractivity contribution in [3.63, 3.8) is 0 Å². The molecule has 1 atom stereocenters. The van der Waals surface area contributed by atoms with Crippen molar-refractivity contribution in [2.45, 2.75) is 39.2 Å². The third-order valence-electron chi connectivity index (χ3n) is 3.47. The minimum absolute atomic E-state index is 0.109. The van der Waals surface area contributed by atoms with Crippen LogP contribution in [-0.4, -0.2) is 34.1 Å². The van der Waals surface area contributed by atoms with Gasteiger partial charge in [-0.3, -0.25) is 14.4 Å². The van der Waals surface area contributed by atoms with Crippen LogP contribution < -0.4 is 16.2 Å². The fourth-order valence-corrected chi connectivity index (χ4v) is 2.37. The lowest BCUT2D eigenvalue weighted by Gasteiger charge is -2.21. The number of carbonyl (C=O) groups excluding carboxylic acids is 2. The average molecular weight is 330 g/mol. The zero-order chi connectivity index (χ0) is 17.9. The van der Waals surface area contributed by atoms with E-state index >= 15 is 0 Å². The van der Waals surface area contributed by atoms with Gasteiger partial charge >= 0.3 is 0 Å². The largest absolute Gasteiger partial charge is 0.350 e. The number of carbonyl (C=O) groups is 2. The maximum atomic E-state index is 12.3. The molecule has 1 aromatic heterocycles. The lowest BCUT2D eigenvalue weighted by atomic mass is 10.0. The fourth-order valence-electron chi connectivity index (χ4n) is 2.37. The van der Waals surface area contributed by atoms with Crippen molar-refractivity contribution in [2.24, 2.45) is 0 Å². The predicted molar refractivity (Wildman–Crippen MR) is 91.7 cm³/mol. The highest BCUT2D eigenvalue weighted by Gasteiger charge is 2.21. The van der Waals surface area contributed by atoms with Gasteiger partial charge in [0.25, 0.3) is 5.56 Å². The number of nitrogens with zero attached hydrogens (tertiary/aromatic N) is 1. The van der Waals surface area contributed by atoms with E-state index in [0.717, 1.165) is 0 Å². The van der Waals surface area contributed by atoms with Gasteiger partial charge in [-0.05, 0) is 33.8 Å². The topological polar surface area (TPSA) is 104 Å². The van der Waals surface area contributed by atoms with Crippen LogP contribution in [0.1, 0.15) is 39.3 Å². The van der Waals surface area contributed by atoms with Crippen LogP contribution in [0.4, 0.5) is 0 Å². The number of hydrogen-bond acceptors (Lipinski definition) is 4. The quantitative estimate of drug-likeness (QED) is 0.779. The standard InChI is InChI=1S/C17H22N4O3/c1-10(15(23)18-9-13(22)19-17(2,3)4)14-11-7-5-6-8-12(11)16(24)21-20-14/h5-8,10H,9H2,1-4H3,(H,18,23)(H,19,22)(H,21,24). The molecule has 0 bridgehead atoms. The monoisotopic (exact) mass is 330 g/mol. The highest BCUT2D eigenvalue weighted by molar-refractivity contribution is 5.92. The Labute approximate surface area is 139 Å². The lowest BCUT2D eigenvalue weighted by molar-refractivity contribution is -0.127. The van der Waals surface area contributed by atoms with Crippen LogP contribution in [0.3, 0.4) is 0 Å². The molecule has 2 amide bonds. The molecule has 0 saturated heterocycles. The van der Waals surface area contributed by atoms with E-state index in [9.17, 15) is 14.4 Å². The summed E-state index contributed by atoms with van der Waals surface area (Å²) in [6.07, 6.45) is 0. The first kappa shape index (κ1) is 17.7. The summed E-state index contributed by atoms with van der Waals surface area (Å²) in [6.45, 7) is 7.18. The first-order valence-corrected chi connectivity index (χ1v) is 7.75. The molecule has 0 fully saturated rings. The van der Waals surface area contributed by atoms with Gasteiger partial charge in [0.15, 0.2) is 0 Å². The van der Waals surface area contributed by atoms with Gasteiger partial charge in [0.2, 0.25) is 11.8 Å². The zero-order valence-corrected chi connectivity index (χ0v) is 14.3. The van der Waals surface area contributed by atoms with Crippen LogP contribution in [0.25, 0.3) is 10.8 Å². The second-order valence-corrected chi connectivity index (χ2v) is 6.72. The molecule has 0 saturated carbocycles. The van der Waals surface area contributed by atoms with Crippen molar-refractivity contribution in [1.29, 1.82) is 0 Å². The van der Waals surface area contributed by atoms with Gasteiger partial charge in [-0.2, -0.15) is 5.10 Å². The Morgan fingerprint density at radius 3 is 2.46 bits per heavy atom. The van der Waals surface area contributed by atoms with Gasteiger partial charge in [-0.25, -0.2) is 5.10 Å². The summed E-state index contributed by atoms with van der Waals surface area (Å²) in [5, 5.41) is 12.9. The van der Waals surface area contributed by atoms with Gasteiger partial charge in [0, 0.05) is 10.9 Å². The molecule has 0 aliphatic rings. The third-order valence-corrected chi connectivity index (χ3v) is 3.47. The summed E-state index contributed by atoms with van der Waals surface area (Å²) in [5.74, 6) is -1.19. The van der Waals surface area contributed by atoms with E-state index in [1.165, 1.54) is 0 Å². The Kier molecular flexibility index (Phi) is 5.02. The Hall–Kier alpha value is -2.70. The Bertz CT molecular complexity index is 820. The lowest BCUT2D eigenvalue weighted by Crippen LogP contribution is -2.46. The van der Waals surface area contributed by atoms with Gasteiger partial charge in [-0.1, -0.05) is 18.2 Å². The van der Waals surface area contributed by atoms with E-state index in [-0.39, 0.29) is 29.5 Å². The van der Waals surface area contributed by atoms with Crippen LogP contribution in [0.2, 0.25) is 0 Å². The van der Waals surface area contributed by atoms with Gasteiger partial charge in [-0.15, -0.1) is 0 Å². The summed E-state index contributed by atoms with van der Waals surface area (Å²) >= 11 is 0. The Balaban J connectivity index is 2.13. The van der Waals surface area contributed by atoms with Crippen molar-refractivity contribution in [3.8, 4) is 0 Å². The summed E-state index contributed by atoms with van der Waals surface area (Å²) < 4.78 is 0. The smallest absolute Gasteiger partial charge is 0.272 e. The van der Waals surface area contributed by atoms with Gasteiger partial charge < -0.3 is 10.6 Å². The highest BCUT2D eigenvalue weighted by Crippen LogP contribution is 2.20. The van der Waals surface area contributed by atoms with Gasteiger partial charge in [0.1, 0.15) is 0 Å². The van der Waals surface area contributed by atoms with Crippen molar-refractivity contribution < 1.29 is 9.59 Å². The molecule has 1 unspecified atom stereocenters. The van der Waals surface area contributed by atoms with Crippen molar-refractivity contribution in [2.75, 3.05) is 6.54 Å². The third kappa shape index (κ3) is 4.18. The molecule has 128 valence electrons. The first-order valence-electron chi connectivity index (χ1n) is 7.75. The maximum absolute atomic E-state index is 12.3. The minimum atomic E-state index is -0.603. The molecule has 24 heavy (non-hydrogen) atoms. The molecule has 7 nitrogen and oxygen atoms in total. The SMILES string of the molecule is CC(C(=O)NCC(=O)NC(C)(C)C)c1n[nH]c(=O)c2ccccc12. The predicted octanol–water partition coefficient (Wildman–Crippen LogP) is 1.06. The van der Waals surface area contributed by atoms with Crippen molar-refractivity contribution >= 4 is 22.6 Å². The molecule has 1 heterocycles. The Morgan fingerprint density at radius 1 is 1.21 bits per heavy atom. The number of amides is 2. The van der Waals surface area contributed by atoms with Gasteiger partial charge in [0.05, 0.1) is 23.5 Å². The van der Waals surface area contributed by atoms with E-state index in [2.05, 4.69) is 20.8 Å². The van der Waals surface area contributed by atoms with E-state index in [1.807, 2.05) is 20.8 Å². The number of H-pyrrole nitrogens is 1. The molecule has 0 aliphatic carbocycles. The minimum Gasteiger partial charge on any atom is -0.350 e. The molecule has 0 radical (unpaired) electrons. The molecular formula is C17H22N4O3. The number of aromatic nitrogens is 2. The normalized spacial score (nSPS) is 12.7. The number of hydrogen-bond donors (Lipinski definition) is 3. The average Bonchev–Trinajstić information content (AvgIpc) is 2.51. The molecule has 2 aromatic rings. The summed E-state index contributed by atoms with van der Waals surface area (Å²) in [7, 11) is 0. The molecule has 1 aromatic carbocycles. The van der Waals surface area contributed by atoms with E-state index in [0.29, 0.717) is 16.5 Å². The second kappa shape index (κ2) is 6.82. The van der Waals surface area contributed by atoms with Crippen LogP contribution in [0, 0.1) is 0 Å². The molecule has 7 heteroatoms. The number of rotatable bonds is 4. The molecule has 0 spiro atoms. The van der Waals surface area contributed by atoms with Crippen LogP contribution >= 0.6 is 0 Å². The summed E-state index contributed by atoms with van der Waals surface area (Å²) in [5.41, 5.74) is -0.185. The summed E-state index contributed by atoms with van der Waals surface area (Å²) in [6, 6.07) is 6.97. The maximum Gasteiger partial charge on any atom is 0.272 e. The summed E-state index contributed by atoms with van der Waals surface area (Å²) in [4.78, 5) is 35.9. The molecule has 0 aliphatic heterocycles. The second-order valence-electron chi connectivity index (χ2n) is 6.72. The van der Waals surface area contributed by atoms with Crippen LogP contribution in [0.5, 0.6) is 0 Å². The Morgan fingerprint density at radius 2 is 1.83 bits per heavy atom. The molecular weight excluding hydrogens is 308 g/mol. The fraction of sp³-hybridized carbons (Fsp3) is 0.412. The number of fused-ring (bicyclic) bond motifs is 1. The van der Waals surface area contributed by atoms with Crippen LogP contribution in [-0.2, 0) is 9.59 Å².